The molecule has 0 saturated carbocycles. The van der Waals surface area contributed by atoms with Crippen molar-refractivity contribution in [3.63, 3.8) is 0 Å². The molecule has 0 radical (unpaired) electrons. The molecule has 0 bridgehead atoms. The zero-order chi connectivity index (χ0) is 35.9. The van der Waals surface area contributed by atoms with E-state index >= 15 is 4.39 Å². The standard InChI is InChI=1S/C33H31FN4O4.C6H12N2O2/c1-36-12-6-7-19(36)10-11-35-33(40)23-18-38-25-17-27-21(20-8-2-3-9-26(20)41-27)16-28(25)42-32-29(38)22(31(23)39)15-24(34)30(32)37-13-4-5-14-37;7-6(9)5-8-1-3-10-4-2-8/h2-3,8-9,15-19H,4-7,10-14H2,1H3,(H,35,40);1-5H2,(H2,7,9). The van der Waals surface area contributed by atoms with Crippen LogP contribution in [0.15, 0.2) is 57.9 Å². The van der Waals surface area contributed by atoms with Crippen LogP contribution in [-0.2, 0) is 9.53 Å². The highest BCUT2D eigenvalue weighted by molar-refractivity contribution is 6.07. The molecule has 3 saturated heterocycles. The van der Waals surface area contributed by atoms with Gasteiger partial charge in [-0.15, -0.1) is 0 Å². The van der Waals surface area contributed by atoms with Crippen molar-refractivity contribution in [1.82, 2.24) is 19.7 Å². The Kier molecular flexibility index (Phi) is 9.32. The summed E-state index contributed by atoms with van der Waals surface area (Å²) in [7, 11) is 2.10. The number of para-hydroxylation sites is 1. The highest BCUT2D eigenvalue weighted by Crippen LogP contribution is 2.48. The van der Waals surface area contributed by atoms with Gasteiger partial charge in [-0.05, 0) is 63.9 Å². The molecular formula is C39H43FN6O6. The highest BCUT2D eigenvalue weighted by Gasteiger charge is 2.32. The Bertz CT molecular complexity index is 2240. The summed E-state index contributed by atoms with van der Waals surface area (Å²) in [6.07, 6.45) is 6.55. The number of furan rings is 1. The molecule has 6 heterocycles. The van der Waals surface area contributed by atoms with Crippen LogP contribution in [0.4, 0.5) is 10.1 Å². The van der Waals surface area contributed by atoms with Gasteiger partial charge in [0.2, 0.25) is 11.3 Å². The molecule has 2 amide bonds. The topological polar surface area (TPSA) is 136 Å². The average molecular weight is 711 g/mol. The zero-order valence-electron chi connectivity index (χ0n) is 29.3. The fourth-order valence-corrected chi connectivity index (χ4v) is 7.99. The molecule has 1 atom stereocenters. The van der Waals surface area contributed by atoms with Gasteiger partial charge in [0.1, 0.15) is 27.9 Å². The number of morpholine rings is 1. The minimum atomic E-state index is -0.525. The number of halogens is 1. The third kappa shape index (κ3) is 6.37. The summed E-state index contributed by atoms with van der Waals surface area (Å²) < 4.78 is 35.4. The Hall–Kier alpha value is -4.98. The average Bonchev–Trinajstić information content (AvgIpc) is 3.89. The van der Waals surface area contributed by atoms with Gasteiger partial charge in [-0.3, -0.25) is 19.3 Å². The first-order valence-electron chi connectivity index (χ1n) is 18.1. The van der Waals surface area contributed by atoms with E-state index in [4.69, 9.17) is 19.6 Å². The van der Waals surface area contributed by atoms with Crippen molar-refractivity contribution in [2.24, 2.45) is 5.73 Å². The van der Waals surface area contributed by atoms with Crippen molar-refractivity contribution in [3.05, 3.63) is 70.3 Å². The van der Waals surface area contributed by atoms with Crippen molar-refractivity contribution < 1.29 is 27.9 Å². The molecule has 4 aliphatic heterocycles. The number of carbonyl (C=O) groups is 2. The number of nitrogens with two attached hydrogens (primary N) is 1. The monoisotopic (exact) mass is 710 g/mol. The lowest BCUT2D eigenvalue weighted by molar-refractivity contribution is -0.120. The van der Waals surface area contributed by atoms with Gasteiger partial charge >= 0.3 is 0 Å². The third-order valence-electron chi connectivity index (χ3n) is 10.7. The summed E-state index contributed by atoms with van der Waals surface area (Å²) in [5.74, 6) is -0.437. The Morgan fingerprint density at radius 1 is 0.962 bits per heavy atom. The van der Waals surface area contributed by atoms with Crippen LogP contribution < -0.4 is 26.1 Å². The van der Waals surface area contributed by atoms with Crippen LogP contribution in [0.1, 0.15) is 42.5 Å². The maximum absolute atomic E-state index is 15.9. The summed E-state index contributed by atoms with van der Waals surface area (Å²) in [6, 6.07) is 13.2. The maximum Gasteiger partial charge on any atom is 0.256 e. The summed E-state index contributed by atoms with van der Waals surface area (Å²) >= 11 is 0. The SMILES string of the molecule is CN1CCCC1CCNC(=O)c1cn2c3c(c(N4CCCC4)c(F)cc3c1=O)Oc1cc3c(cc1-2)oc1ccccc13.NC(=O)CN1CCOCC1. The number of carbonyl (C=O) groups excluding carboxylic acids is 2. The number of likely N-dealkylation sites (tertiary alicyclic amines) is 1. The van der Waals surface area contributed by atoms with Gasteiger partial charge in [0.05, 0.1) is 30.8 Å². The first-order chi connectivity index (χ1) is 25.3. The fourth-order valence-electron chi connectivity index (χ4n) is 7.99. The van der Waals surface area contributed by atoms with Gasteiger partial charge in [-0.25, -0.2) is 4.39 Å². The quantitative estimate of drug-likeness (QED) is 0.241. The van der Waals surface area contributed by atoms with Gasteiger partial charge in [0.15, 0.2) is 17.3 Å². The lowest BCUT2D eigenvalue weighted by Gasteiger charge is -2.29. The third-order valence-corrected chi connectivity index (χ3v) is 10.7. The number of nitrogens with one attached hydrogen (secondary N) is 1. The van der Waals surface area contributed by atoms with E-state index in [1.54, 1.807) is 10.8 Å². The normalized spacial score (nSPS) is 18.7. The first kappa shape index (κ1) is 34.1. The Balaban J connectivity index is 0.000000337. The molecule has 5 aromatic rings. The summed E-state index contributed by atoms with van der Waals surface area (Å²) in [6.45, 7) is 6.37. The van der Waals surface area contributed by atoms with Crippen LogP contribution in [0.2, 0.25) is 0 Å². The van der Waals surface area contributed by atoms with Gasteiger partial charge in [-0.1, -0.05) is 18.2 Å². The lowest BCUT2D eigenvalue weighted by Crippen LogP contribution is -2.41. The Labute approximate surface area is 299 Å². The predicted octanol–water partition coefficient (Wildman–Crippen LogP) is 4.75. The summed E-state index contributed by atoms with van der Waals surface area (Å²) in [5.41, 5.74) is 7.29. The molecule has 2 aromatic heterocycles. The molecule has 3 fully saturated rings. The predicted molar refractivity (Wildman–Crippen MR) is 197 cm³/mol. The lowest BCUT2D eigenvalue weighted by atomic mass is 10.0. The number of anilines is 1. The van der Waals surface area contributed by atoms with E-state index < -0.39 is 17.2 Å². The number of ether oxygens (including phenoxy) is 2. The zero-order valence-corrected chi connectivity index (χ0v) is 29.3. The van der Waals surface area contributed by atoms with E-state index in [-0.39, 0.29) is 16.9 Å². The molecule has 4 aliphatic rings. The molecule has 0 spiro atoms. The summed E-state index contributed by atoms with van der Waals surface area (Å²) in [5, 5.41) is 4.88. The van der Waals surface area contributed by atoms with Crippen LogP contribution >= 0.6 is 0 Å². The number of amides is 2. The smallest absolute Gasteiger partial charge is 0.256 e. The van der Waals surface area contributed by atoms with Gasteiger partial charge in [0, 0.05) is 61.8 Å². The molecule has 3 N–H and O–H groups in total. The molecule has 12 nitrogen and oxygen atoms in total. The van der Waals surface area contributed by atoms with Crippen molar-refractivity contribution in [3.8, 4) is 17.2 Å². The van der Waals surface area contributed by atoms with Crippen molar-refractivity contribution >= 4 is 50.3 Å². The number of pyridine rings is 1. The van der Waals surface area contributed by atoms with Gasteiger partial charge < -0.3 is 39.3 Å². The van der Waals surface area contributed by atoms with Crippen LogP contribution in [0.3, 0.4) is 0 Å². The Morgan fingerprint density at radius 3 is 2.50 bits per heavy atom. The van der Waals surface area contributed by atoms with Gasteiger partial charge in [-0.2, -0.15) is 0 Å². The maximum atomic E-state index is 15.9. The van der Waals surface area contributed by atoms with Crippen LogP contribution in [0, 0.1) is 5.82 Å². The number of primary amides is 1. The number of hydrogen-bond acceptors (Lipinski definition) is 9. The van der Waals surface area contributed by atoms with E-state index in [2.05, 4.69) is 17.3 Å². The molecule has 0 aliphatic carbocycles. The molecule has 1 unspecified atom stereocenters. The summed E-state index contributed by atoms with van der Waals surface area (Å²) in [4.78, 5) is 43.9. The second-order valence-corrected chi connectivity index (χ2v) is 14.1. The molecular weight excluding hydrogens is 667 g/mol. The second kappa shape index (κ2) is 14.2. The second-order valence-electron chi connectivity index (χ2n) is 14.1. The molecule has 9 rings (SSSR count). The number of rotatable bonds is 7. The van der Waals surface area contributed by atoms with Crippen LogP contribution in [0.25, 0.3) is 38.5 Å². The first-order valence-corrected chi connectivity index (χ1v) is 18.1. The van der Waals surface area contributed by atoms with E-state index in [1.165, 1.54) is 6.07 Å². The van der Waals surface area contributed by atoms with E-state index in [1.807, 2.05) is 46.2 Å². The van der Waals surface area contributed by atoms with Gasteiger partial charge in [0.25, 0.3) is 5.91 Å². The van der Waals surface area contributed by atoms with Crippen molar-refractivity contribution in [2.75, 3.05) is 71.0 Å². The van der Waals surface area contributed by atoms with Crippen molar-refractivity contribution in [2.45, 2.75) is 38.1 Å². The largest absolute Gasteiger partial charge is 0.456 e. The minimum absolute atomic E-state index is 0.0286. The number of benzene rings is 3. The van der Waals surface area contributed by atoms with Crippen LogP contribution in [-0.4, -0.2) is 98.3 Å². The fraction of sp³-hybridized carbons (Fsp3) is 0.410. The minimum Gasteiger partial charge on any atom is -0.456 e. The van der Waals surface area contributed by atoms with E-state index in [0.717, 1.165) is 68.1 Å². The number of hydrogen-bond donors (Lipinski definition) is 2. The van der Waals surface area contributed by atoms with Crippen LogP contribution in [0.5, 0.6) is 11.5 Å². The molecule has 3 aromatic carbocycles. The Morgan fingerprint density at radius 2 is 1.75 bits per heavy atom. The van der Waals surface area contributed by atoms with E-state index in [9.17, 15) is 14.4 Å². The molecule has 272 valence electrons. The molecule has 52 heavy (non-hydrogen) atoms. The van der Waals surface area contributed by atoms with Crippen molar-refractivity contribution in [1.29, 1.82) is 0 Å². The molecule has 13 heteroatoms. The number of aromatic nitrogens is 1. The van der Waals surface area contributed by atoms with E-state index in [0.29, 0.717) is 79.4 Å². The number of nitrogens with zero attached hydrogens (tertiary/aromatic N) is 4. The number of fused-ring (bicyclic) bond motifs is 5. The highest BCUT2D eigenvalue weighted by atomic mass is 19.1.